The van der Waals surface area contributed by atoms with Gasteiger partial charge in [-0.05, 0) is 24.6 Å². The first-order valence-corrected chi connectivity index (χ1v) is 7.97. The van der Waals surface area contributed by atoms with Crippen LogP contribution in [0.5, 0.6) is 0 Å². The van der Waals surface area contributed by atoms with E-state index in [1.807, 2.05) is 0 Å². The Labute approximate surface area is 152 Å². The number of hydrogen-bond donors (Lipinski definition) is 0. The Bertz CT molecular complexity index is 888. The molecule has 0 N–H and O–H groups in total. The van der Waals surface area contributed by atoms with E-state index >= 15 is 0 Å². The number of rotatable bonds is 4. The van der Waals surface area contributed by atoms with E-state index in [-0.39, 0.29) is 16.7 Å². The maximum atomic E-state index is 13.4. The third-order valence-electron chi connectivity index (χ3n) is 4.18. The number of ether oxygens (including phenoxy) is 1. The van der Waals surface area contributed by atoms with Crippen molar-refractivity contribution in [3.8, 4) is 0 Å². The number of nitrogens with zero attached hydrogens (tertiary/aromatic N) is 1. The molecule has 0 saturated heterocycles. The summed E-state index contributed by atoms with van der Waals surface area (Å²) in [6.07, 6.45) is -7.33. The number of amides is 2. The highest BCUT2D eigenvalue weighted by Crippen LogP contribution is 2.37. The van der Waals surface area contributed by atoms with Crippen molar-refractivity contribution in [1.82, 2.24) is 4.90 Å². The zero-order valence-electron chi connectivity index (χ0n) is 14.1. The van der Waals surface area contributed by atoms with Gasteiger partial charge in [0.1, 0.15) is 6.54 Å². The first-order chi connectivity index (χ1) is 12.7. The zero-order valence-corrected chi connectivity index (χ0v) is 14.1. The van der Waals surface area contributed by atoms with E-state index in [0.717, 1.165) is 0 Å². The fourth-order valence-corrected chi connectivity index (χ4v) is 2.87. The molecule has 2 amide bonds. The molecule has 8 heteroatoms. The zero-order chi connectivity index (χ0) is 19.8. The number of benzene rings is 2. The molecular weight excluding hydrogens is 363 g/mol. The van der Waals surface area contributed by atoms with E-state index in [4.69, 9.17) is 0 Å². The number of halogens is 3. The summed E-state index contributed by atoms with van der Waals surface area (Å²) in [5.74, 6) is -2.81. The van der Waals surface area contributed by atoms with Crippen molar-refractivity contribution in [2.75, 3.05) is 6.54 Å². The largest absolute Gasteiger partial charge is 0.446 e. The molecule has 0 radical (unpaired) electrons. The third kappa shape index (κ3) is 3.55. The average molecular weight is 377 g/mol. The highest BCUT2D eigenvalue weighted by molar-refractivity contribution is 6.22. The standard InChI is InChI=1S/C19H14F3NO4/c1-11-6-2-3-7-12(11)16(19(20,21)22)27-15(24)10-23-17(25)13-8-4-5-9-14(13)18(23)26/h2-9,16H,10H2,1H3. The van der Waals surface area contributed by atoms with Crippen LogP contribution in [-0.4, -0.2) is 35.4 Å². The van der Waals surface area contributed by atoms with Crippen LogP contribution < -0.4 is 0 Å². The molecule has 5 nitrogen and oxygen atoms in total. The van der Waals surface area contributed by atoms with Crippen molar-refractivity contribution < 1.29 is 32.3 Å². The number of imide groups is 1. The molecule has 0 fully saturated rings. The minimum absolute atomic E-state index is 0.0987. The van der Waals surface area contributed by atoms with Gasteiger partial charge < -0.3 is 4.74 Å². The van der Waals surface area contributed by atoms with Crippen LogP contribution in [0.25, 0.3) is 0 Å². The van der Waals surface area contributed by atoms with Crippen LogP contribution >= 0.6 is 0 Å². The SMILES string of the molecule is Cc1ccccc1C(OC(=O)CN1C(=O)c2ccccc2C1=O)C(F)(F)F. The van der Waals surface area contributed by atoms with Crippen LogP contribution in [0.15, 0.2) is 48.5 Å². The molecule has 1 aliphatic rings. The molecule has 2 aromatic rings. The molecule has 0 spiro atoms. The monoisotopic (exact) mass is 377 g/mol. The number of alkyl halides is 3. The van der Waals surface area contributed by atoms with E-state index < -0.39 is 36.6 Å². The number of fused-ring (bicyclic) bond motifs is 1. The van der Waals surface area contributed by atoms with Gasteiger partial charge in [0.05, 0.1) is 11.1 Å². The summed E-state index contributed by atoms with van der Waals surface area (Å²) in [5, 5.41) is 0. The van der Waals surface area contributed by atoms with E-state index in [2.05, 4.69) is 4.74 Å². The Morgan fingerprint density at radius 2 is 1.52 bits per heavy atom. The summed E-state index contributed by atoms with van der Waals surface area (Å²) in [5.41, 5.74) is 0.289. The molecule has 1 atom stereocenters. The molecule has 140 valence electrons. The second-order valence-corrected chi connectivity index (χ2v) is 6.01. The van der Waals surface area contributed by atoms with Crippen molar-refractivity contribution in [3.63, 3.8) is 0 Å². The van der Waals surface area contributed by atoms with Crippen LogP contribution in [0.4, 0.5) is 13.2 Å². The van der Waals surface area contributed by atoms with Crippen LogP contribution in [-0.2, 0) is 9.53 Å². The molecule has 1 heterocycles. The number of carbonyl (C=O) groups is 3. The van der Waals surface area contributed by atoms with Gasteiger partial charge in [-0.15, -0.1) is 0 Å². The molecule has 1 aliphatic heterocycles. The van der Waals surface area contributed by atoms with Crippen LogP contribution in [0.2, 0.25) is 0 Å². The van der Waals surface area contributed by atoms with Gasteiger partial charge in [0.2, 0.25) is 6.10 Å². The highest BCUT2D eigenvalue weighted by Gasteiger charge is 2.45. The van der Waals surface area contributed by atoms with Crippen molar-refractivity contribution in [1.29, 1.82) is 0 Å². The van der Waals surface area contributed by atoms with Crippen LogP contribution in [0, 0.1) is 6.92 Å². The second kappa shape index (κ2) is 6.86. The Kier molecular flexibility index (Phi) is 4.73. The minimum atomic E-state index is -4.84. The van der Waals surface area contributed by atoms with Crippen LogP contribution in [0.3, 0.4) is 0 Å². The Morgan fingerprint density at radius 1 is 1.00 bits per heavy atom. The first-order valence-electron chi connectivity index (χ1n) is 7.97. The lowest BCUT2D eigenvalue weighted by Crippen LogP contribution is -2.37. The summed E-state index contributed by atoms with van der Waals surface area (Å²) < 4.78 is 44.8. The number of aryl methyl sites for hydroxylation is 1. The van der Waals surface area contributed by atoms with Gasteiger partial charge in [0.15, 0.2) is 0 Å². The van der Waals surface area contributed by atoms with E-state index in [9.17, 15) is 27.6 Å². The van der Waals surface area contributed by atoms with Crippen molar-refractivity contribution in [2.24, 2.45) is 0 Å². The molecule has 0 aromatic heterocycles. The quantitative estimate of drug-likeness (QED) is 0.605. The smallest absolute Gasteiger partial charge is 0.429 e. The Balaban J connectivity index is 1.79. The van der Waals surface area contributed by atoms with Crippen molar-refractivity contribution in [2.45, 2.75) is 19.2 Å². The summed E-state index contributed by atoms with van der Waals surface area (Å²) in [6.45, 7) is 0.566. The van der Waals surface area contributed by atoms with Crippen molar-refractivity contribution >= 4 is 17.8 Å². The van der Waals surface area contributed by atoms with Gasteiger partial charge in [-0.1, -0.05) is 36.4 Å². The Morgan fingerprint density at radius 3 is 2.04 bits per heavy atom. The summed E-state index contributed by atoms with van der Waals surface area (Å²) in [6, 6.07) is 11.5. The summed E-state index contributed by atoms with van der Waals surface area (Å²) >= 11 is 0. The third-order valence-corrected chi connectivity index (χ3v) is 4.18. The van der Waals surface area contributed by atoms with E-state index in [0.29, 0.717) is 10.5 Å². The first kappa shape index (κ1) is 18.6. The van der Waals surface area contributed by atoms with Gasteiger partial charge in [-0.3, -0.25) is 19.3 Å². The molecule has 3 rings (SSSR count). The van der Waals surface area contributed by atoms with Gasteiger partial charge in [0.25, 0.3) is 11.8 Å². The lowest BCUT2D eigenvalue weighted by molar-refractivity contribution is -0.224. The van der Waals surface area contributed by atoms with Crippen molar-refractivity contribution in [3.05, 3.63) is 70.8 Å². The fraction of sp³-hybridized carbons (Fsp3) is 0.211. The molecule has 0 saturated carbocycles. The predicted octanol–water partition coefficient (Wildman–Crippen LogP) is 3.44. The summed E-state index contributed by atoms with van der Waals surface area (Å²) in [7, 11) is 0. The van der Waals surface area contributed by atoms with E-state index in [1.54, 1.807) is 18.2 Å². The second-order valence-electron chi connectivity index (χ2n) is 6.01. The normalized spacial score (nSPS) is 14.9. The summed E-state index contributed by atoms with van der Waals surface area (Å²) in [4.78, 5) is 37.1. The lowest BCUT2D eigenvalue weighted by Gasteiger charge is -2.23. The molecule has 0 aliphatic carbocycles. The topological polar surface area (TPSA) is 63.7 Å². The van der Waals surface area contributed by atoms with Gasteiger partial charge in [-0.2, -0.15) is 13.2 Å². The number of hydrogen-bond acceptors (Lipinski definition) is 4. The molecule has 1 unspecified atom stereocenters. The number of esters is 1. The van der Waals surface area contributed by atoms with E-state index in [1.165, 1.54) is 37.3 Å². The number of carbonyl (C=O) groups excluding carboxylic acids is 3. The molecule has 27 heavy (non-hydrogen) atoms. The fourth-order valence-electron chi connectivity index (χ4n) is 2.87. The Hall–Kier alpha value is -3.16. The molecule has 0 bridgehead atoms. The van der Waals surface area contributed by atoms with Gasteiger partial charge in [-0.25, -0.2) is 0 Å². The van der Waals surface area contributed by atoms with Gasteiger partial charge in [0, 0.05) is 5.56 Å². The molecular formula is C19H14F3NO4. The maximum Gasteiger partial charge on any atom is 0.429 e. The molecule has 2 aromatic carbocycles. The maximum absolute atomic E-state index is 13.4. The van der Waals surface area contributed by atoms with Crippen LogP contribution in [0.1, 0.15) is 37.9 Å². The average Bonchev–Trinajstić information content (AvgIpc) is 2.85. The van der Waals surface area contributed by atoms with Gasteiger partial charge >= 0.3 is 12.1 Å². The lowest BCUT2D eigenvalue weighted by atomic mass is 10.0. The predicted molar refractivity (Wildman–Crippen MR) is 87.9 cm³/mol. The minimum Gasteiger partial charge on any atom is -0.446 e. The highest BCUT2D eigenvalue weighted by atomic mass is 19.4.